The molecule has 0 unspecified atom stereocenters. The van der Waals surface area contributed by atoms with Gasteiger partial charge in [-0.25, -0.2) is 0 Å². The SMILES string of the molecule is N#Cc1cncc(-c2cccc(-c3ccc(CN4CCOCC4)s3)c2)c1Nc1ccc2[nH]ccc2c1. The molecule has 2 N–H and O–H groups in total. The normalized spacial score (nSPS) is 14.1. The highest BCUT2D eigenvalue weighted by atomic mass is 32.1. The Balaban J connectivity index is 1.31. The number of pyridine rings is 1. The monoisotopic (exact) mass is 491 g/mol. The number of hydrogen-bond donors (Lipinski definition) is 2. The van der Waals surface area contributed by atoms with Crippen LogP contribution in [0.2, 0.25) is 0 Å². The molecule has 5 aromatic rings. The number of ether oxygens (including phenoxy) is 1. The Morgan fingerprint density at radius 1 is 1.03 bits per heavy atom. The predicted molar refractivity (Wildman–Crippen MR) is 145 cm³/mol. The van der Waals surface area contributed by atoms with Gasteiger partial charge in [0.2, 0.25) is 0 Å². The molecular formula is C29H25N5OS. The Bertz CT molecular complexity index is 1560. The highest BCUT2D eigenvalue weighted by Gasteiger charge is 2.15. The number of H-pyrrole nitrogens is 1. The van der Waals surface area contributed by atoms with Crippen LogP contribution < -0.4 is 5.32 Å². The van der Waals surface area contributed by atoms with Gasteiger partial charge in [0.25, 0.3) is 0 Å². The number of nitrogens with one attached hydrogen (secondary N) is 2. The van der Waals surface area contributed by atoms with Crippen LogP contribution in [-0.2, 0) is 11.3 Å². The maximum Gasteiger partial charge on any atom is 0.103 e. The van der Waals surface area contributed by atoms with Gasteiger partial charge in [0.15, 0.2) is 0 Å². The summed E-state index contributed by atoms with van der Waals surface area (Å²) in [5.74, 6) is 0. The molecular weight excluding hydrogens is 466 g/mol. The molecule has 6 rings (SSSR count). The molecule has 1 saturated heterocycles. The van der Waals surface area contributed by atoms with Crippen LogP contribution in [0.5, 0.6) is 0 Å². The summed E-state index contributed by atoms with van der Waals surface area (Å²) in [7, 11) is 0. The number of morpholine rings is 1. The summed E-state index contributed by atoms with van der Waals surface area (Å²) in [6.45, 7) is 4.55. The van der Waals surface area contributed by atoms with Gasteiger partial charge in [-0.15, -0.1) is 11.3 Å². The van der Waals surface area contributed by atoms with Crippen molar-refractivity contribution in [1.29, 1.82) is 5.26 Å². The lowest BCUT2D eigenvalue weighted by molar-refractivity contribution is 0.0346. The molecule has 0 aliphatic carbocycles. The second kappa shape index (κ2) is 9.96. The van der Waals surface area contributed by atoms with Gasteiger partial charge in [0.1, 0.15) is 6.07 Å². The molecule has 0 saturated carbocycles. The Labute approximate surface area is 213 Å². The Morgan fingerprint density at radius 3 is 2.81 bits per heavy atom. The lowest BCUT2D eigenvalue weighted by atomic mass is 10.0. The van der Waals surface area contributed by atoms with Gasteiger partial charge in [0, 0.05) is 70.1 Å². The quantitative estimate of drug-likeness (QED) is 0.287. The van der Waals surface area contributed by atoms with E-state index >= 15 is 0 Å². The molecule has 0 bridgehead atoms. The molecule has 0 radical (unpaired) electrons. The highest BCUT2D eigenvalue weighted by molar-refractivity contribution is 7.15. The van der Waals surface area contributed by atoms with Gasteiger partial charge in [-0.3, -0.25) is 9.88 Å². The average Bonchev–Trinajstić information content (AvgIpc) is 3.59. The van der Waals surface area contributed by atoms with Crippen LogP contribution in [0.3, 0.4) is 0 Å². The Kier molecular flexibility index (Phi) is 6.22. The zero-order chi connectivity index (χ0) is 24.3. The zero-order valence-electron chi connectivity index (χ0n) is 19.7. The number of aromatic nitrogens is 2. The first-order valence-electron chi connectivity index (χ1n) is 12.0. The number of nitrogens with zero attached hydrogens (tertiary/aromatic N) is 3. The van der Waals surface area contributed by atoms with E-state index in [1.165, 1.54) is 9.75 Å². The van der Waals surface area contributed by atoms with Crippen molar-refractivity contribution in [3.05, 3.63) is 89.7 Å². The zero-order valence-corrected chi connectivity index (χ0v) is 20.5. The molecule has 0 atom stereocenters. The van der Waals surface area contributed by atoms with E-state index in [9.17, 15) is 5.26 Å². The number of hydrogen-bond acceptors (Lipinski definition) is 6. The molecule has 1 aliphatic rings. The Morgan fingerprint density at radius 2 is 1.92 bits per heavy atom. The maximum absolute atomic E-state index is 9.83. The van der Waals surface area contributed by atoms with Crippen LogP contribution in [0.4, 0.5) is 11.4 Å². The second-order valence-corrected chi connectivity index (χ2v) is 10.0. The van der Waals surface area contributed by atoms with E-state index in [2.05, 4.69) is 68.7 Å². The first-order chi connectivity index (χ1) is 17.8. The first-order valence-corrected chi connectivity index (χ1v) is 12.8. The molecule has 7 heteroatoms. The second-order valence-electron chi connectivity index (χ2n) is 8.86. The van der Waals surface area contributed by atoms with Crippen molar-refractivity contribution in [2.45, 2.75) is 6.54 Å². The molecule has 1 aliphatic heterocycles. The summed E-state index contributed by atoms with van der Waals surface area (Å²) >= 11 is 1.83. The Hall–Kier alpha value is -3.96. The number of rotatable bonds is 6. The number of aromatic amines is 1. The molecule has 2 aromatic carbocycles. The lowest BCUT2D eigenvalue weighted by Gasteiger charge is -2.25. The summed E-state index contributed by atoms with van der Waals surface area (Å²) in [6, 6.07) is 23.4. The topological polar surface area (TPSA) is 77.0 Å². The van der Waals surface area contributed by atoms with E-state index < -0.39 is 0 Å². The molecule has 178 valence electrons. The van der Waals surface area contributed by atoms with Crippen molar-refractivity contribution < 1.29 is 4.74 Å². The van der Waals surface area contributed by atoms with Crippen LogP contribution in [0.15, 0.2) is 79.3 Å². The van der Waals surface area contributed by atoms with E-state index in [1.54, 1.807) is 6.20 Å². The largest absolute Gasteiger partial charge is 0.379 e. The number of nitriles is 1. The minimum absolute atomic E-state index is 0.510. The van der Waals surface area contributed by atoms with Crippen molar-refractivity contribution >= 4 is 33.6 Å². The minimum atomic E-state index is 0.510. The molecule has 6 nitrogen and oxygen atoms in total. The number of benzene rings is 2. The van der Waals surface area contributed by atoms with E-state index in [-0.39, 0.29) is 0 Å². The van der Waals surface area contributed by atoms with Crippen LogP contribution in [-0.4, -0.2) is 41.2 Å². The summed E-state index contributed by atoms with van der Waals surface area (Å²) < 4.78 is 5.48. The van der Waals surface area contributed by atoms with Gasteiger partial charge in [-0.05, 0) is 53.6 Å². The van der Waals surface area contributed by atoms with Gasteiger partial charge < -0.3 is 15.0 Å². The molecule has 0 amide bonds. The van der Waals surface area contributed by atoms with Crippen LogP contribution >= 0.6 is 11.3 Å². The van der Waals surface area contributed by atoms with E-state index in [0.717, 1.165) is 71.8 Å². The van der Waals surface area contributed by atoms with Gasteiger partial charge in [-0.1, -0.05) is 18.2 Å². The van der Waals surface area contributed by atoms with Crippen LogP contribution in [0, 0.1) is 11.3 Å². The third-order valence-corrected chi connectivity index (χ3v) is 7.61. The summed E-state index contributed by atoms with van der Waals surface area (Å²) in [6.07, 6.45) is 5.37. The third kappa shape index (κ3) is 4.62. The molecule has 0 spiro atoms. The summed E-state index contributed by atoms with van der Waals surface area (Å²) in [5.41, 5.74) is 6.35. The fourth-order valence-electron chi connectivity index (χ4n) is 4.61. The van der Waals surface area contributed by atoms with E-state index in [1.807, 2.05) is 41.9 Å². The smallest absolute Gasteiger partial charge is 0.103 e. The third-order valence-electron chi connectivity index (χ3n) is 6.49. The molecule has 36 heavy (non-hydrogen) atoms. The first kappa shape index (κ1) is 22.5. The highest BCUT2D eigenvalue weighted by Crippen LogP contribution is 2.36. The maximum atomic E-state index is 9.83. The fraction of sp³-hybridized carbons (Fsp3) is 0.172. The van der Waals surface area contributed by atoms with Crippen molar-refractivity contribution in [2.24, 2.45) is 0 Å². The standard InChI is InChI=1S/C29H25N5OS/c30-16-23-17-31-18-26(29(23)33-24-4-6-27-21(15-24)8-9-32-27)20-2-1-3-22(14-20)28-7-5-25(36-28)19-34-10-12-35-13-11-34/h1-9,14-15,17-18,32H,10-13,19H2,(H,31,33). The van der Waals surface area contributed by atoms with E-state index in [0.29, 0.717) is 5.56 Å². The summed E-state index contributed by atoms with van der Waals surface area (Å²) in [5, 5.41) is 14.4. The van der Waals surface area contributed by atoms with Gasteiger partial charge in [-0.2, -0.15) is 5.26 Å². The van der Waals surface area contributed by atoms with Crippen LogP contribution in [0.1, 0.15) is 10.4 Å². The average molecular weight is 492 g/mol. The van der Waals surface area contributed by atoms with Gasteiger partial charge >= 0.3 is 0 Å². The van der Waals surface area contributed by atoms with Crippen molar-refractivity contribution in [3.63, 3.8) is 0 Å². The van der Waals surface area contributed by atoms with Crippen LogP contribution in [0.25, 0.3) is 32.5 Å². The van der Waals surface area contributed by atoms with Gasteiger partial charge in [0.05, 0.1) is 24.5 Å². The minimum Gasteiger partial charge on any atom is -0.379 e. The summed E-state index contributed by atoms with van der Waals surface area (Å²) in [4.78, 5) is 12.6. The molecule has 3 aromatic heterocycles. The predicted octanol–water partition coefficient (Wildman–Crippen LogP) is 6.41. The van der Waals surface area contributed by atoms with Crippen molar-refractivity contribution in [2.75, 3.05) is 31.6 Å². The lowest BCUT2D eigenvalue weighted by Crippen LogP contribution is -2.35. The molecule has 4 heterocycles. The number of thiophene rings is 1. The number of anilines is 2. The fourth-order valence-corrected chi connectivity index (χ4v) is 5.66. The van der Waals surface area contributed by atoms with E-state index in [4.69, 9.17) is 4.74 Å². The molecule has 1 fully saturated rings. The van der Waals surface area contributed by atoms with Crippen molar-refractivity contribution in [3.8, 4) is 27.6 Å². The van der Waals surface area contributed by atoms with Crippen molar-refractivity contribution in [1.82, 2.24) is 14.9 Å². The number of fused-ring (bicyclic) bond motifs is 1.